The van der Waals surface area contributed by atoms with Crippen molar-refractivity contribution in [3.63, 3.8) is 0 Å². The lowest BCUT2D eigenvalue weighted by molar-refractivity contribution is -0.149. The number of amides is 1. The van der Waals surface area contributed by atoms with Gasteiger partial charge in [-0.05, 0) is 25.2 Å². The Bertz CT molecular complexity index is 376. The fourth-order valence-corrected chi connectivity index (χ4v) is 2.74. The van der Waals surface area contributed by atoms with Gasteiger partial charge in [0.1, 0.15) is 6.04 Å². The SMILES string of the molecule is COC(=O)[C@H](C[C@H](C)C(=O)OC)NC(=O)CC1CCCC1. The number of nitrogens with one attached hydrogen (secondary N) is 1. The molecule has 1 rings (SSSR count). The molecule has 2 atom stereocenters. The zero-order valence-electron chi connectivity index (χ0n) is 13.0. The molecule has 21 heavy (non-hydrogen) atoms. The topological polar surface area (TPSA) is 81.7 Å². The van der Waals surface area contributed by atoms with Crippen LogP contribution in [0.25, 0.3) is 0 Å². The van der Waals surface area contributed by atoms with Crippen LogP contribution in [0.15, 0.2) is 0 Å². The van der Waals surface area contributed by atoms with Gasteiger partial charge in [-0.2, -0.15) is 0 Å². The van der Waals surface area contributed by atoms with Gasteiger partial charge in [0.15, 0.2) is 0 Å². The average Bonchev–Trinajstić information content (AvgIpc) is 2.97. The van der Waals surface area contributed by atoms with Gasteiger partial charge in [-0.25, -0.2) is 4.79 Å². The molecule has 120 valence electrons. The molecule has 6 nitrogen and oxygen atoms in total. The molecule has 0 aromatic heterocycles. The van der Waals surface area contributed by atoms with Crippen LogP contribution in [-0.4, -0.2) is 38.1 Å². The van der Waals surface area contributed by atoms with E-state index in [2.05, 4.69) is 10.1 Å². The summed E-state index contributed by atoms with van der Waals surface area (Å²) in [7, 11) is 2.56. The monoisotopic (exact) mass is 299 g/mol. The number of carbonyl (C=O) groups is 3. The minimum atomic E-state index is -0.807. The van der Waals surface area contributed by atoms with Crippen molar-refractivity contribution in [3.05, 3.63) is 0 Å². The molecule has 1 aliphatic carbocycles. The van der Waals surface area contributed by atoms with Crippen LogP contribution >= 0.6 is 0 Å². The molecule has 0 bridgehead atoms. The Kier molecular flexibility index (Phi) is 7.19. The molecule has 0 radical (unpaired) electrons. The number of hydrogen-bond donors (Lipinski definition) is 1. The Balaban J connectivity index is 2.54. The second kappa shape index (κ2) is 8.64. The van der Waals surface area contributed by atoms with E-state index in [9.17, 15) is 14.4 Å². The zero-order valence-corrected chi connectivity index (χ0v) is 13.0. The van der Waals surface area contributed by atoms with Gasteiger partial charge in [-0.15, -0.1) is 0 Å². The fourth-order valence-electron chi connectivity index (χ4n) is 2.74. The van der Waals surface area contributed by atoms with Gasteiger partial charge in [0.05, 0.1) is 20.1 Å². The van der Waals surface area contributed by atoms with Crippen molar-refractivity contribution in [2.75, 3.05) is 14.2 Å². The van der Waals surface area contributed by atoms with Crippen molar-refractivity contribution in [3.8, 4) is 0 Å². The standard InChI is InChI=1S/C15H25NO5/c1-10(14(18)20-2)8-12(15(19)21-3)16-13(17)9-11-6-4-5-7-11/h10-12H,4-9H2,1-3H3,(H,16,17)/t10-,12-/m0/s1. The molecule has 0 aromatic carbocycles. The fraction of sp³-hybridized carbons (Fsp3) is 0.800. The highest BCUT2D eigenvalue weighted by Crippen LogP contribution is 2.27. The van der Waals surface area contributed by atoms with Crippen LogP contribution < -0.4 is 5.32 Å². The Morgan fingerprint density at radius 1 is 1.10 bits per heavy atom. The summed E-state index contributed by atoms with van der Waals surface area (Å²) >= 11 is 0. The van der Waals surface area contributed by atoms with E-state index in [0.717, 1.165) is 25.7 Å². The lowest BCUT2D eigenvalue weighted by Gasteiger charge is -2.20. The first-order chi connectivity index (χ1) is 9.97. The van der Waals surface area contributed by atoms with Gasteiger partial charge in [0, 0.05) is 6.42 Å². The minimum absolute atomic E-state index is 0.158. The van der Waals surface area contributed by atoms with Crippen LogP contribution in [-0.2, 0) is 23.9 Å². The summed E-state index contributed by atoms with van der Waals surface area (Å²) in [6.07, 6.45) is 5.06. The number of ether oxygens (including phenoxy) is 2. The molecule has 0 spiro atoms. The van der Waals surface area contributed by atoms with Crippen molar-refractivity contribution >= 4 is 17.8 Å². The molecule has 0 aliphatic heterocycles. The molecule has 1 aliphatic rings. The first kappa shape index (κ1) is 17.5. The third-order valence-corrected chi connectivity index (χ3v) is 3.96. The normalized spacial score (nSPS) is 17.9. The summed E-state index contributed by atoms with van der Waals surface area (Å²) in [5.74, 6) is -1.18. The van der Waals surface area contributed by atoms with E-state index in [1.54, 1.807) is 6.92 Å². The second-order valence-corrected chi connectivity index (χ2v) is 5.66. The van der Waals surface area contributed by atoms with Crippen LogP contribution in [0.4, 0.5) is 0 Å². The van der Waals surface area contributed by atoms with Crippen LogP contribution in [0.3, 0.4) is 0 Å². The first-order valence-corrected chi connectivity index (χ1v) is 7.43. The molecular formula is C15H25NO5. The average molecular weight is 299 g/mol. The van der Waals surface area contributed by atoms with Crippen LogP contribution in [0.2, 0.25) is 0 Å². The summed E-state index contributed by atoms with van der Waals surface area (Å²) in [6.45, 7) is 1.66. The predicted octanol–water partition coefficient (Wildman–Crippen LogP) is 1.42. The number of hydrogen-bond acceptors (Lipinski definition) is 5. The maximum atomic E-state index is 12.0. The summed E-state index contributed by atoms with van der Waals surface area (Å²) < 4.78 is 9.33. The maximum absolute atomic E-state index is 12.0. The van der Waals surface area contributed by atoms with Crippen LogP contribution in [0.5, 0.6) is 0 Å². The summed E-state index contributed by atoms with van der Waals surface area (Å²) in [4.78, 5) is 35.2. The molecule has 0 aromatic rings. The van der Waals surface area contributed by atoms with Gasteiger partial charge in [-0.1, -0.05) is 19.8 Å². The Morgan fingerprint density at radius 3 is 2.19 bits per heavy atom. The molecule has 1 N–H and O–H groups in total. The molecule has 1 fully saturated rings. The highest BCUT2D eigenvalue weighted by atomic mass is 16.5. The highest BCUT2D eigenvalue weighted by Gasteiger charge is 2.28. The molecule has 6 heteroatoms. The van der Waals surface area contributed by atoms with Crippen molar-refractivity contribution in [2.24, 2.45) is 11.8 Å². The third kappa shape index (κ3) is 5.73. The largest absolute Gasteiger partial charge is 0.469 e. The zero-order chi connectivity index (χ0) is 15.8. The smallest absolute Gasteiger partial charge is 0.328 e. The van der Waals surface area contributed by atoms with Gasteiger partial charge >= 0.3 is 11.9 Å². The van der Waals surface area contributed by atoms with Crippen molar-refractivity contribution in [2.45, 2.75) is 51.5 Å². The highest BCUT2D eigenvalue weighted by molar-refractivity contribution is 5.85. The van der Waals surface area contributed by atoms with Crippen molar-refractivity contribution in [1.82, 2.24) is 5.32 Å². The van der Waals surface area contributed by atoms with Crippen LogP contribution in [0, 0.1) is 11.8 Å². The number of methoxy groups -OCH3 is 2. The van der Waals surface area contributed by atoms with E-state index in [1.165, 1.54) is 14.2 Å². The van der Waals surface area contributed by atoms with Crippen molar-refractivity contribution < 1.29 is 23.9 Å². The summed E-state index contributed by atoms with van der Waals surface area (Å²) in [5, 5.41) is 2.68. The lowest BCUT2D eigenvalue weighted by atomic mass is 10.00. The summed E-state index contributed by atoms with van der Waals surface area (Å²) in [6, 6.07) is -0.807. The Morgan fingerprint density at radius 2 is 1.67 bits per heavy atom. The maximum Gasteiger partial charge on any atom is 0.328 e. The molecule has 1 saturated carbocycles. The van der Waals surface area contributed by atoms with E-state index >= 15 is 0 Å². The molecule has 0 saturated heterocycles. The van der Waals surface area contributed by atoms with E-state index in [0.29, 0.717) is 12.3 Å². The molecule has 0 unspecified atom stereocenters. The van der Waals surface area contributed by atoms with E-state index in [-0.39, 0.29) is 12.3 Å². The van der Waals surface area contributed by atoms with E-state index < -0.39 is 23.9 Å². The van der Waals surface area contributed by atoms with Crippen molar-refractivity contribution in [1.29, 1.82) is 0 Å². The quantitative estimate of drug-likeness (QED) is 0.719. The lowest BCUT2D eigenvalue weighted by Crippen LogP contribution is -2.43. The van der Waals surface area contributed by atoms with Crippen LogP contribution in [0.1, 0.15) is 45.4 Å². The molecule has 0 heterocycles. The minimum Gasteiger partial charge on any atom is -0.469 e. The molecule has 1 amide bonds. The number of esters is 2. The summed E-state index contributed by atoms with van der Waals surface area (Å²) in [5.41, 5.74) is 0. The second-order valence-electron chi connectivity index (χ2n) is 5.66. The Hall–Kier alpha value is -1.59. The van der Waals surface area contributed by atoms with E-state index in [4.69, 9.17) is 4.74 Å². The first-order valence-electron chi connectivity index (χ1n) is 7.43. The van der Waals surface area contributed by atoms with E-state index in [1.807, 2.05) is 0 Å². The van der Waals surface area contributed by atoms with Gasteiger partial charge in [0.2, 0.25) is 5.91 Å². The number of rotatable bonds is 7. The van der Waals surface area contributed by atoms with Gasteiger partial charge in [-0.3, -0.25) is 9.59 Å². The number of carbonyl (C=O) groups excluding carboxylic acids is 3. The molecular weight excluding hydrogens is 274 g/mol. The van der Waals surface area contributed by atoms with Gasteiger partial charge in [0.25, 0.3) is 0 Å². The van der Waals surface area contributed by atoms with Gasteiger partial charge < -0.3 is 14.8 Å². The Labute approximate surface area is 125 Å². The predicted molar refractivity (Wildman–Crippen MR) is 76.3 cm³/mol. The third-order valence-electron chi connectivity index (χ3n) is 3.96.